The fraction of sp³-hybridized carbons (Fsp3) is 0.500. The number of nitrogens with zero attached hydrogens (tertiary/aromatic N) is 1. The highest BCUT2D eigenvalue weighted by atomic mass is 35.5. The molecule has 0 fully saturated rings. The molecule has 0 aliphatic heterocycles. The van der Waals surface area contributed by atoms with E-state index in [1.807, 2.05) is 0 Å². The number of hydrogen-bond donors (Lipinski definition) is 1. The molecule has 0 radical (unpaired) electrons. The highest BCUT2D eigenvalue weighted by Gasteiger charge is 2.00. The number of hydrogen-bond acceptors (Lipinski definition) is 3. The van der Waals surface area contributed by atoms with Gasteiger partial charge in [-0.2, -0.15) is 0 Å². The van der Waals surface area contributed by atoms with Crippen LogP contribution in [0.4, 0.5) is 0 Å². The van der Waals surface area contributed by atoms with Gasteiger partial charge in [0.15, 0.2) is 0 Å². The van der Waals surface area contributed by atoms with Crippen LogP contribution in [0.15, 0.2) is 18.3 Å². The van der Waals surface area contributed by atoms with Gasteiger partial charge in [-0.15, -0.1) is 0 Å². The van der Waals surface area contributed by atoms with E-state index in [2.05, 4.69) is 24.1 Å². The summed E-state index contributed by atoms with van der Waals surface area (Å²) >= 11 is 5.86. The van der Waals surface area contributed by atoms with Gasteiger partial charge < -0.3 is 10.1 Å². The first-order valence-electron chi connectivity index (χ1n) is 4.67. The Labute approximate surface area is 89.4 Å². The first-order chi connectivity index (χ1) is 6.70. The second kappa shape index (κ2) is 5.83. The molecule has 3 nitrogen and oxygen atoms in total. The molecule has 1 rings (SSSR count). The molecule has 0 amide bonds. The van der Waals surface area contributed by atoms with Crippen molar-refractivity contribution in [3.05, 3.63) is 23.4 Å². The van der Waals surface area contributed by atoms with Gasteiger partial charge in [-0.1, -0.05) is 25.4 Å². The third kappa shape index (κ3) is 3.94. The molecule has 0 bridgehead atoms. The number of halogens is 1. The molecule has 0 aliphatic carbocycles. The maximum atomic E-state index is 5.86. The normalized spacial score (nSPS) is 10.6. The van der Waals surface area contributed by atoms with E-state index in [1.165, 1.54) is 0 Å². The van der Waals surface area contributed by atoms with Crippen LogP contribution < -0.4 is 10.1 Å². The van der Waals surface area contributed by atoms with Crippen LogP contribution in [0.5, 0.6) is 5.88 Å². The molecule has 4 heteroatoms. The summed E-state index contributed by atoms with van der Waals surface area (Å²) in [7, 11) is 0. The summed E-state index contributed by atoms with van der Waals surface area (Å²) in [4.78, 5) is 4.01. The molecule has 1 aromatic heterocycles. The lowest BCUT2D eigenvalue weighted by atomic mass is 10.4. The van der Waals surface area contributed by atoms with Crippen LogP contribution in [0, 0.1) is 0 Å². The number of pyridine rings is 1. The molecule has 1 N–H and O–H groups in total. The average Bonchev–Trinajstić information content (AvgIpc) is 2.15. The van der Waals surface area contributed by atoms with Gasteiger partial charge in [0.05, 0.1) is 0 Å². The number of rotatable bonds is 5. The van der Waals surface area contributed by atoms with Gasteiger partial charge in [-0.25, -0.2) is 4.98 Å². The van der Waals surface area contributed by atoms with Crippen molar-refractivity contribution < 1.29 is 4.74 Å². The van der Waals surface area contributed by atoms with Gasteiger partial charge in [-0.3, -0.25) is 0 Å². The summed E-state index contributed by atoms with van der Waals surface area (Å²) in [5.41, 5.74) is 0. The van der Waals surface area contributed by atoms with Gasteiger partial charge in [0.2, 0.25) is 5.88 Å². The molecule has 0 unspecified atom stereocenters. The van der Waals surface area contributed by atoms with E-state index in [0.717, 1.165) is 6.54 Å². The lowest BCUT2D eigenvalue weighted by Gasteiger charge is -2.09. The fourth-order valence-electron chi connectivity index (χ4n) is 0.973. The topological polar surface area (TPSA) is 34.1 Å². The van der Waals surface area contributed by atoms with E-state index in [4.69, 9.17) is 16.3 Å². The van der Waals surface area contributed by atoms with E-state index >= 15 is 0 Å². The van der Waals surface area contributed by atoms with Crippen LogP contribution in [0.2, 0.25) is 5.02 Å². The summed E-state index contributed by atoms with van der Waals surface area (Å²) in [6.07, 6.45) is 1.66. The number of nitrogens with one attached hydrogen (secondary N) is 1. The van der Waals surface area contributed by atoms with Crippen molar-refractivity contribution in [2.24, 2.45) is 0 Å². The van der Waals surface area contributed by atoms with Crippen molar-refractivity contribution >= 4 is 11.6 Å². The standard InChI is InChI=1S/C10H15ClN2O/c1-8(2)12-6-7-14-10-9(11)4-3-5-13-10/h3-5,8,12H,6-7H2,1-2H3. The molecule has 78 valence electrons. The minimum atomic E-state index is 0.470. The summed E-state index contributed by atoms with van der Waals surface area (Å²) in [6, 6.07) is 4.01. The minimum absolute atomic E-state index is 0.470. The Hall–Kier alpha value is -0.800. The first kappa shape index (κ1) is 11.3. The molecule has 1 aromatic rings. The first-order valence-corrected chi connectivity index (χ1v) is 5.04. The zero-order chi connectivity index (χ0) is 10.4. The Balaban J connectivity index is 2.28. The highest BCUT2D eigenvalue weighted by Crippen LogP contribution is 2.19. The van der Waals surface area contributed by atoms with Crippen molar-refractivity contribution in [2.45, 2.75) is 19.9 Å². The largest absolute Gasteiger partial charge is 0.475 e. The Morgan fingerprint density at radius 2 is 2.36 bits per heavy atom. The molecule has 0 saturated carbocycles. The second-order valence-corrected chi connectivity index (χ2v) is 3.65. The van der Waals surface area contributed by atoms with Crippen molar-refractivity contribution in [3.63, 3.8) is 0 Å². The van der Waals surface area contributed by atoms with E-state index in [9.17, 15) is 0 Å². The van der Waals surface area contributed by atoms with Gasteiger partial charge in [0.1, 0.15) is 11.6 Å². The Bertz CT molecular complexity index is 279. The van der Waals surface area contributed by atoms with Crippen LogP contribution >= 0.6 is 11.6 Å². The summed E-state index contributed by atoms with van der Waals surface area (Å²) in [6.45, 7) is 5.56. The average molecular weight is 215 g/mol. The van der Waals surface area contributed by atoms with Crippen molar-refractivity contribution in [1.29, 1.82) is 0 Å². The molecule has 14 heavy (non-hydrogen) atoms. The van der Waals surface area contributed by atoms with Gasteiger partial charge in [-0.05, 0) is 12.1 Å². The quantitative estimate of drug-likeness (QED) is 0.763. The third-order valence-electron chi connectivity index (χ3n) is 1.62. The van der Waals surface area contributed by atoms with E-state index in [-0.39, 0.29) is 0 Å². The lowest BCUT2D eigenvalue weighted by Crippen LogP contribution is -2.27. The fourth-order valence-corrected chi connectivity index (χ4v) is 1.15. The smallest absolute Gasteiger partial charge is 0.232 e. The zero-order valence-electron chi connectivity index (χ0n) is 8.46. The van der Waals surface area contributed by atoms with Crippen LogP contribution in [0.1, 0.15) is 13.8 Å². The van der Waals surface area contributed by atoms with Gasteiger partial charge in [0, 0.05) is 18.8 Å². The van der Waals surface area contributed by atoms with E-state index in [0.29, 0.717) is 23.6 Å². The Morgan fingerprint density at radius 3 is 3.00 bits per heavy atom. The predicted octanol–water partition coefficient (Wildman–Crippen LogP) is 2.11. The van der Waals surface area contributed by atoms with Crippen LogP contribution in [0.3, 0.4) is 0 Å². The molecular formula is C10H15ClN2O. The number of ether oxygens (including phenoxy) is 1. The summed E-state index contributed by atoms with van der Waals surface area (Å²) in [5, 5.41) is 3.79. The van der Waals surface area contributed by atoms with Crippen LogP contribution in [0.25, 0.3) is 0 Å². The summed E-state index contributed by atoms with van der Waals surface area (Å²) in [5.74, 6) is 0.500. The molecule has 0 atom stereocenters. The van der Waals surface area contributed by atoms with Crippen molar-refractivity contribution in [1.82, 2.24) is 10.3 Å². The van der Waals surface area contributed by atoms with E-state index < -0.39 is 0 Å². The van der Waals surface area contributed by atoms with Crippen LogP contribution in [-0.4, -0.2) is 24.2 Å². The molecular weight excluding hydrogens is 200 g/mol. The van der Waals surface area contributed by atoms with Gasteiger partial charge >= 0.3 is 0 Å². The molecule has 0 aliphatic rings. The monoisotopic (exact) mass is 214 g/mol. The molecule has 1 heterocycles. The lowest BCUT2D eigenvalue weighted by molar-refractivity contribution is 0.298. The predicted molar refractivity (Wildman–Crippen MR) is 57.9 cm³/mol. The van der Waals surface area contributed by atoms with Gasteiger partial charge in [0.25, 0.3) is 0 Å². The Kier molecular flexibility index (Phi) is 4.70. The summed E-state index contributed by atoms with van der Waals surface area (Å²) < 4.78 is 5.38. The SMILES string of the molecule is CC(C)NCCOc1ncccc1Cl. The second-order valence-electron chi connectivity index (χ2n) is 3.25. The maximum Gasteiger partial charge on any atom is 0.232 e. The zero-order valence-corrected chi connectivity index (χ0v) is 9.21. The van der Waals surface area contributed by atoms with E-state index in [1.54, 1.807) is 18.3 Å². The Morgan fingerprint density at radius 1 is 1.57 bits per heavy atom. The third-order valence-corrected chi connectivity index (χ3v) is 1.91. The number of aromatic nitrogens is 1. The highest BCUT2D eigenvalue weighted by molar-refractivity contribution is 6.31. The van der Waals surface area contributed by atoms with Crippen molar-refractivity contribution in [2.75, 3.05) is 13.2 Å². The molecule has 0 aromatic carbocycles. The maximum absolute atomic E-state index is 5.86. The van der Waals surface area contributed by atoms with Crippen molar-refractivity contribution in [3.8, 4) is 5.88 Å². The molecule has 0 spiro atoms. The molecule has 0 saturated heterocycles. The minimum Gasteiger partial charge on any atom is -0.475 e. The van der Waals surface area contributed by atoms with Crippen LogP contribution in [-0.2, 0) is 0 Å².